The lowest BCUT2D eigenvalue weighted by Crippen LogP contribution is -2.67. The smallest absolute Gasteiger partial charge is 0.192 e. The second-order valence-corrected chi connectivity index (χ2v) is 15.7. The van der Waals surface area contributed by atoms with E-state index in [1.165, 1.54) is 16.8 Å². The molecule has 0 spiro atoms. The second-order valence-electron chi connectivity index (χ2n) is 15.7. The van der Waals surface area contributed by atoms with Gasteiger partial charge in [-0.05, 0) is 68.7 Å². The SMILES string of the molecule is CCC1(C)c2cc3c(cc2-c2cc(C(C)(C)C)cc[n+]2C1(C)CC)C(C)(C)C(C)(C)C(C)(C)C3(C)C. The zero-order valence-electron chi connectivity index (χ0n) is 26.2. The molecule has 198 valence electrons. The first-order valence-electron chi connectivity index (χ1n) is 14.4. The Balaban J connectivity index is 2.21. The summed E-state index contributed by atoms with van der Waals surface area (Å²) in [5.74, 6) is 0. The number of hydrogen-bond donors (Lipinski definition) is 0. The maximum atomic E-state index is 2.67. The van der Waals surface area contributed by atoms with Crippen molar-refractivity contribution in [3.63, 3.8) is 0 Å². The number of pyridine rings is 1. The van der Waals surface area contributed by atoms with Crippen molar-refractivity contribution in [2.75, 3.05) is 0 Å². The van der Waals surface area contributed by atoms with E-state index in [0.717, 1.165) is 12.8 Å². The van der Waals surface area contributed by atoms with Gasteiger partial charge in [-0.15, -0.1) is 0 Å². The fourth-order valence-electron chi connectivity index (χ4n) is 7.83. The molecule has 1 nitrogen and oxygen atoms in total. The number of fused-ring (bicyclic) bond motifs is 4. The summed E-state index contributed by atoms with van der Waals surface area (Å²) >= 11 is 0. The van der Waals surface area contributed by atoms with E-state index in [0.29, 0.717) is 0 Å². The van der Waals surface area contributed by atoms with Gasteiger partial charge in [0.2, 0.25) is 5.69 Å². The zero-order chi connectivity index (χ0) is 27.5. The van der Waals surface area contributed by atoms with Crippen LogP contribution in [0.1, 0.15) is 139 Å². The lowest BCUT2D eigenvalue weighted by molar-refractivity contribution is -0.765. The summed E-state index contributed by atoms with van der Waals surface area (Å²) in [6.07, 6.45) is 4.63. The van der Waals surface area contributed by atoms with Crippen molar-refractivity contribution in [1.29, 1.82) is 0 Å². The molecule has 0 amide bonds. The summed E-state index contributed by atoms with van der Waals surface area (Å²) in [5.41, 5.74) is 9.49. The Morgan fingerprint density at radius 1 is 0.667 bits per heavy atom. The van der Waals surface area contributed by atoms with Gasteiger partial charge in [-0.25, -0.2) is 0 Å². The summed E-state index contributed by atoms with van der Waals surface area (Å²) in [5, 5.41) is 0. The van der Waals surface area contributed by atoms with Crippen LogP contribution in [-0.4, -0.2) is 0 Å². The Labute approximate surface area is 223 Å². The molecule has 0 N–H and O–H groups in total. The van der Waals surface area contributed by atoms with E-state index in [1.807, 2.05) is 0 Å². The quantitative estimate of drug-likeness (QED) is 0.371. The Bertz CT molecular complexity index is 1220. The normalized spacial score (nSPS) is 29.2. The van der Waals surface area contributed by atoms with Gasteiger partial charge in [-0.2, -0.15) is 4.57 Å². The van der Waals surface area contributed by atoms with Gasteiger partial charge in [0.15, 0.2) is 11.7 Å². The van der Waals surface area contributed by atoms with Crippen LogP contribution in [0.4, 0.5) is 0 Å². The third kappa shape index (κ3) is 2.98. The molecular weight excluding hydrogens is 434 g/mol. The monoisotopic (exact) mass is 488 g/mol. The minimum Gasteiger partial charge on any atom is -0.192 e. The number of benzene rings is 1. The molecule has 36 heavy (non-hydrogen) atoms. The largest absolute Gasteiger partial charge is 0.213 e. The maximum absolute atomic E-state index is 2.67. The Morgan fingerprint density at radius 3 is 1.61 bits per heavy atom. The molecule has 0 radical (unpaired) electrons. The highest BCUT2D eigenvalue weighted by molar-refractivity contribution is 5.70. The minimum atomic E-state index is 0.0118. The molecule has 0 saturated carbocycles. The van der Waals surface area contributed by atoms with E-state index >= 15 is 0 Å². The number of aromatic nitrogens is 1. The molecule has 1 aromatic heterocycles. The average molecular weight is 489 g/mol. The summed E-state index contributed by atoms with van der Waals surface area (Å²) in [6.45, 7) is 36.8. The van der Waals surface area contributed by atoms with Crippen LogP contribution in [0.25, 0.3) is 11.3 Å². The van der Waals surface area contributed by atoms with E-state index in [4.69, 9.17) is 0 Å². The third-order valence-corrected chi connectivity index (χ3v) is 13.0. The van der Waals surface area contributed by atoms with Crippen LogP contribution in [0.2, 0.25) is 0 Å². The van der Waals surface area contributed by atoms with Gasteiger partial charge in [0.05, 0.1) is 11.0 Å². The molecular formula is C35H54N+. The standard InChI is InChI=1S/C35H54N/c1-16-34(14)25-22-27-26(30(6,7)32(10,11)33(12,13)31(27,8)9)21-24(25)28-20-23(29(3,4)5)18-19-36(28)35(34,15)17-2/h18-22H,16-17H2,1-15H3/q+1. The molecule has 2 aromatic rings. The fourth-order valence-corrected chi connectivity index (χ4v) is 7.83. The average Bonchev–Trinajstić information content (AvgIpc) is 2.79. The molecule has 0 saturated heterocycles. The summed E-state index contributed by atoms with van der Waals surface area (Å²) in [4.78, 5) is 0. The molecule has 1 heteroatoms. The van der Waals surface area contributed by atoms with Crippen molar-refractivity contribution >= 4 is 0 Å². The second kappa shape index (κ2) is 7.48. The highest BCUT2D eigenvalue weighted by Crippen LogP contribution is 2.66. The third-order valence-electron chi connectivity index (χ3n) is 13.0. The van der Waals surface area contributed by atoms with Crippen LogP contribution in [-0.2, 0) is 27.2 Å². The molecule has 1 aliphatic heterocycles. The highest BCUT2D eigenvalue weighted by atomic mass is 15.1. The predicted molar refractivity (Wildman–Crippen MR) is 156 cm³/mol. The first kappa shape index (κ1) is 27.4. The first-order chi connectivity index (χ1) is 16.2. The van der Waals surface area contributed by atoms with E-state index < -0.39 is 0 Å². The summed E-state index contributed by atoms with van der Waals surface area (Å²) in [6, 6.07) is 10.2. The van der Waals surface area contributed by atoms with Crippen LogP contribution in [0.5, 0.6) is 0 Å². The molecule has 2 atom stereocenters. The Morgan fingerprint density at radius 2 is 1.17 bits per heavy atom. The number of nitrogens with zero attached hydrogens (tertiary/aromatic N) is 1. The van der Waals surface area contributed by atoms with E-state index in [9.17, 15) is 0 Å². The number of rotatable bonds is 2. The van der Waals surface area contributed by atoms with Gasteiger partial charge in [-0.1, -0.05) is 96.1 Å². The Kier molecular flexibility index (Phi) is 5.69. The van der Waals surface area contributed by atoms with Crippen molar-refractivity contribution in [3.8, 4) is 11.3 Å². The van der Waals surface area contributed by atoms with Crippen molar-refractivity contribution in [3.05, 3.63) is 52.7 Å². The minimum absolute atomic E-state index is 0.0118. The van der Waals surface area contributed by atoms with Crippen molar-refractivity contribution in [1.82, 2.24) is 0 Å². The van der Waals surface area contributed by atoms with Gasteiger partial charge in [0.1, 0.15) is 0 Å². The van der Waals surface area contributed by atoms with Gasteiger partial charge in [-0.3, -0.25) is 0 Å². The maximum Gasteiger partial charge on any atom is 0.213 e. The topological polar surface area (TPSA) is 3.88 Å². The molecule has 2 heterocycles. The lowest BCUT2D eigenvalue weighted by Gasteiger charge is -2.64. The van der Waals surface area contributed by atoms with Crippen LogP contribution < -0.4 is 4.57 Å². The van der Waals surface area contributed by atoms with Crippen LogP contribution in [0, 0.1) is 10.8 Å². The van der Waals surface area contributed by atoms with Crippen molar-refractivity contribution in [2.45, 2.75) is 144 Å². The van der Waals surface area contributed by atoms with E-state index in [1.54, 1.807) is 16.7 Å². The summed E-state index contributed by atoms with van der Waals surface area (Å²) < 4.78 is 2.64. The van der Waals surface area contributed by atoms with Crippen LogP contribution in [0.15, 0.2) is 30.5 Å². The molecule has 4 rings (SSSR count). The molecule has 2 unspecified atom stereocenters. The summed E-state index contributed by atoms with van der Waals surface area (Å²) in [7, 11) is 0. The molecule has 2 aliphatic rings. The number of hydrogen-bond acceptors (Lipinski definition) is 0. The van der Waals surface area contributed by atoms with Gasteiger partial charge in [0.25, 0.3) is 0 Å². The van der Waals surface area contributed by atoms with Crippen molar-refractivity contribution in [2.24, 2.45) is 10.8 Å². The van der Waals surface area contributed by atoms with Crippen LogP contribution >= 0.6 is 0 Å². The van der Waals surface area contributed by atoms with E-state index in [2.05, 4.69) is 139 Å². The molecule has 1 aromatic carbocycles. The van der Waals surface area contributed by atoms with Gasteiger partial charge < -0.3 is 0 Å². The van der Waals surface area contributed by atoms with Gasteiger partial charge in [0, 0.05) is 25.5 Å². The molecule has 0 fully saturated rings. The van der Waals surface area contributed by atoms with E-state index in [-0.39, 0.29) is 38.0 Å². The Hall–Kier alpha value is -1.63. The molecule has 1 aliphatic carbocycles. The predicted octanol–water partition coefficient (Wildman–Crippen LogP) is 9.37. The van der Waals surface area contributed by atoms with Crippen LogP contribution in [0.3, 0.4) is 0 Å². The highest BCUT2D eigenvalue weighted by Gasteiger charge is 2.62. The molecule has 0 bridgehead atoms. The zero-order valence-corrected chi connectivity index (χ0v) is 26.2. The fraction of sp³-hybridized carbons (Fsp3) is 0.686. The van der Waals surface area contributed by atoms with Gasteiger partial charge >= 0.3 is 0 Å². The lowest BCUT2D eigenvalue weighted by atomic mass is 9.39. The first-order valence-corrected chi connectivity index (χ1v) is 14.4. The van der Waals surface area contributed by atoms with Crippen molar-refractivity contribution < 1.29 is 4.57 Å².